The first-order valence-electron chi connectivity index (χ1n) is 5.12. The SMILES string of the molecule is C=CCCC(O[C]=O)C(=O)OC(C)C=CC. The van der Waals surface area contributed by atoms with Crippen LogP contribution in [0.4, 0.5) is 0 Å². The summed E-state index contributed by atoms with van der Waals surface area (Å²) in [5, 5.41) is 0. The maximum Gasteiger partial charge on any atom is 0.418 e. The lowest BCUT2D eigenvalue weighted by Gasteiger charge is -2.15. The van der Waals surface area contributed by atoms with Crippen molar-refractivity contribution >= 4 is 12.4 Å². The number of carbonyl (C=O) groups excluding carboxylic acids is 2. The average molecular weight is 225 g/mol. The van der Waals surface area contributed by atoms with Gasteiger partial charge in [0.05, 0.1) is 0 Å². The zero-order valence-corrected chi connectivity index (χ0v) is 9.64. The minimum atomic E-state index is -0.900. The second-order valence-corrected chi connectivity index (χ2v) is 3.22. The minimum absolute atomic E-state index is 0.334. The fraction of sp³-hybridized carbons (Fsp3) is 0.500. The molecule has 0 saturated carbocycles. The second kappa shape index (κ2) is 8.71. The first-order chi connectivity index (χ1) is 7.65. The van der Waals surface area contributed by atoms with E-state index < -0.39 is 12.1 Å². The average Bonchev–Trinajstić information content (AvgIpc) is 2.24. The summed E-state index contributed by atoms with van der Waals surface area (Å²) in [6, 6.07) is 0. The molecule has 0 aromatic rings. The number of carbonyl (C=O) groups is 1. The monoisotopic (exact) mass is 225 g/mol. The molecule has 0 rings (SSSR count). The third kappa shape index (κ3) is 6.01. The van der Waals surface area contributed by atoms with E-state index in [1.54, 1.807) is 25.2 Å². The second-order valence-electron chi connectivity index (χ2n) is 3.22. The van der Waals surface area contributed by atoms with E-state index in [-0.39, 0.29) is 6.10 Å². The van der Waals surface area contributed by atoms with Gasteiger partial charge < -0.3 is 9.47 Å². The molecule has 2 atom stereocenters. The molecule has 1 radical (unpaired) electrons. The van der Waals surface area contributed by atoms with E-state index in [2.05, 4.69) is 11.3 Å². The van der Waals surface area contributed by atoms with Gasteiger partial charge in [0.1, 0.15) is 6.10 Å². The molecule has 0 fully saturated rings. The van der Waals surface area contributed by atoms with Gasteiger partial charge in [0.15, 0.2) is 6.10 Å². The molecule has 0 aliphatic carbocycles. The first-order valence-corrected chi connectivity index (χ1v) is 5.12. The van der Waals surface area contributed by atoms with Gasteiger partial charge in [-0.3, -0.25) is 0 Å². The van der Waals surface area contributed by atoms with Crippen molar-refractivity contribution in [2.75, 3.05) is 0 Å². The van der Waals surface area contributed by atoms with E-state index >= 15 is 0 Å². The Morgan fingerprint density at radius 1 is 1.56 bits per heavy atom. The number of ether oxygens (including phenoxy) is 2. The van der Waals surface area contributed by atoms with Crippen LogP contribution >= 0.6 is 0 Å². The zero-order valence-electron chi connectivity index (χ0n) is 9.64. The molecule has 0 bridgehead atoms. The molecule has 16 heavy (non-hydrogen) atoms. The number of hydrogen-bond donors (Lipinski definition) is 0. The van der Waals surface area contributed by atoms with Crippen LogP contribution in [0.2, 0.25) is 0 Å². The zero-order chi connectivity index (χ0) is 12.4. The van der Waals surface area contributed by atoms with Crippen LogP contribution in [-0.2, 0) is 19.1 Å². The maximum atomic E-state index is 11.5. The van der Waals surface area contributed by atoms with Crippen molar-refractivity contribution in [3.63, 3.8) is 0 Å². The Hall–Kier alpha value is -1.58. The Balaban J connectivity index is 4.24. The highest BCUT2D eigenvalue weighted by Crippen LogP contribution is 2.07. The van der Waals surface area contributed by atoms with Crippen molar-refractivity contribution in [2.24, 2.45) is 0 Å². The molecule has 0 amide bonds. The summed E-state index contributed by atoms with van der Waals surface area (Å²) in [6.45, 7) is 8.34. The van der Waals surface area contributed by atoms with Crippen LogP contribution in [0.1, 0.15) is 26.7 Å². The van der Waals surface area contributed by atoms with Crippen LogP contribution in [-0.4, -0.2) is 24.6 Å². The summed E-state index contributed by atoms with van der Waals surface area (Å²) in [5.74, 6) is -0.559. The van der Waals surface area contributed by atoms with Crippen LogP contribution < -0.4 is 0 Å². The van der Waals surface area contributed by atoms with Gasteiger partial charge in [-0.25, -0.2) is 9.59 Å². The molecule has 89 valence electrons. The molecular formula is C12H17O4. The maximum absolute atomic E-state index is 11.5. The quantitative estimate of drug-likeness (QED) is 0.467. The Kier molecular flexibility index (Phi) is 7.85. The lowest BCUT2D eigenvalue weighted by molar-refractivity contribution is -0.155. The van der Waals surface area contributed by atoms with E-state index in [1.165, 1.54) is 6.47 Å². The molecule has 0 aliphatic rings. The number of rotatable bonds is 8. The smallest absolute Gasteiger partial charge is 0.418 e. The topological polar surface area (TPSA) is 52.6 Å². The van der Waals surface area contributed by atoms with E-state index in [0.29, 0.717) is 12.8 Å². The largest absolute Gasteiger partial charge is 0.456 e. The standard InChI is InChI=1S/C12H17O4/c1-4-6-8-11(15-9-13)12(14)16-10(3)7-5-2/h4-5,7,10-11H,1,6,8H2,2-3H3. The van der Waals surface area contributed by atoms with Crippen molar-refractivity contribution < 1.29 is 19.1 Å². The summed E-state index contributed by atoms with van der Waals surface area (Å²) < 4.78 is 9.57. The van der Waals surface area contributed by atoms with Crippen molar-refractivity contribution in [1.29, 1.82) is 0 Å². The lowest BCUT2D eigenvalue weighted by Crippen LogP contribution is -2.28. The van der Waals surface area contributed by atoms with Gasteiger partial charge in [-0.05, 0) is 32.8 Å². The van der Waals surface area contributed by atoms with Gasteiger partial charge in [-0.15, -0.1) is 6.58 Å². The molecule has 0 saturated heterocycles. The van der Waals surface area contributed by atoms with E-state index in [9.17, 15) is 9.59 Å². The summed E-state index contributed by atoms with van der Waals surface area (Å²) in [6.07, 6.45) is 4.85. The van der Waals surface area contributed by atoms with Crippen LogP contribution in [0.5, 0.6) is 0 Å². The molecule has 4 heteroatoms. The molecular weight excluding hydrogens is 208 g/mol. The number of allylic oxidation sites excluding steroid dienone is 2. The highest BCUT2D eigenvalue weighted by molar-refractivity contribution is 5.76. The van der Waals surface area contributed by atoms with Crippen molar-refractivity contribution in [3.8, 4) is 0 Å². The van der Waals surface area contributed by atoms with Gasteiger partial charge in [0.2, 0.25) is 0 Å². The number of esters is 1. The summed E-state index contributed by atoms with van der Waals surface area (Å²) in [5.41, 5.74) is 0. The molecule has 0 aliphatic heterocycles. The highest BCUT2D eigenvalue weighted by atomic mass is 16.6. The Morgan fingerprint density at radius 2 is 2.25 bits per heavy atom. The highest BCUT2D eigenvalue weighted by Gasteiger charge is 2.22. The third-order valence-electron chi connectivity index (χ3n) is 1.85. The molecule has 2 unspecified atom stereocenters. The normalized spacial score (nSPS) is 14.1. The first kappa shape index (κ1) is 14.4. The van der Waals surface area contributed by atoms with E-state index in [0.717, 1.165) is 0 Å². The van der Waals surface area contributed by atoms with Crippen molar-refractivity contribution in [3.05, 3.63) is 24.8 Å². The molecule has 0 heterocycles. The molecule has 0 aromatic heterocycles. The van der Waals surface area contributed by atoms with Crippen LogP contribution in [0.3, 0.4) is 0 Å². The third-order valence-corrected chi connectivity index (χ3v) is 1.85. The predicted molar refractivity (Wildman–Crippen MR) is 60.4 cm³/mol. The molecule has 4 nitrogen and oxygen atoms in total. The molecule has 0 N–H and O–H groups in total. The molecule has 0 aromatic carbocycles. The minimum Gasteiger partial charge on any atom is -0.456 e. The summed E-state index contributed by atoms with van der Waals surface area (Å²) in [7, 11) is 0. The summed E-state index contributed by atoms with van der Waals surface area (Å²) in [4.78, 5) is 21.6. The van der Waals surface area contributed by atoms with Crippen molar-refractivity contribution in [2.45, 2.75) is 38.9 Å². The Morgan fingerprint density at radius 3 is 2.75 bits per heavy atom. The van der Waals surface area contributed by atoms with Crippen LogP contribution in [0.15, 0.2) is 24.8 Å². The Labute approximate surface area is 95.9 Å². The lowest BCUT2D eigenvalue weighted by atomic mass is 10.2. The van der Waals surface area contributed by atoms with Crippen LogP contribution in [0.25, 0.3) is 0 Å². The summed E-state index contributed by atoms with van der Waals surface area (Å²) >= 11 is 0. The van der Waals surface area contributed by atoms with Crippen molar-refractivity contribution in [1.82, 2.24) is 0 Å². The van der Waals surface area contributed by atoms with Gasteiger partial charge in [0.25, 0.3) is 0 Å². The van der Waals surface area contributed by atoms with Gasteiger partial charge >= 0.3 is 12.4 Å². The fourth-order valence-corrected chi connectivity index (χ4v) is 1.12. The van der Waals surface area contributed by atoms with Gasteiger partial charge in [0, 0.05) is 0 Å². The fourth-order valence-electron chi connectivity index (χ4n) is 1.12. The number of hydrogen-bond acceptors (Lipinski definition) is 4. The Bertz CT molecular complexity index is 258. The van der Waals surface area contributed by atoms with Gasteiger partial charge in [-0.2, -0.15) is 0 Å². The van der Waals surface area contributed by atoms with E-state index in [1.807, 2.05) is 6.92 Å². The van der Waals surface area contributed by atoms with Crippen LogP contribution in [0, 0.1) is 0 Å². The molecule has 0 spiro atoms. The van der Waals surface area contributed by atoms with E-state index in [4.69, 9.17) is 4.74 Å². The predicted octanol–water partition coefficient (Wildman–Crippen LogP) is 1.91. The van der Waals surface area contributed by atoms with Gasteiger partial charge in [-0.1, -0.05) is 12.2 Å².